The van der Waals surface area contributed by atoms with Crippen molar-refractivity contribution >= 4 is 39.1 Å². The number of hydrogen-bond donors (Lipinski definition) is 1. The van der Waals surface area contributed by atoms with Gasteiger partial charge in [-0.3, -0.25) is 9.78 Å². The quantitative estimate of drug-likeness (QED) is 0.551. The average molecular weight is 433 g/mol. The number of carbonyl (C=O) groups excluding carboxylic acids is 1. The van der Waals surface area contributed by atoms with Gasteiger partial charge in [-0.05, 0) is 56.0 Å². The van der Waals surface area contributed by atoms with Crippen molar-refractivity contribution in [1.82, 2.24) is 10.3 Å². The molecule has 1 N–H and O–H groups in total. The molecule has 0 aliphatic heterocycles. The molecule has 2 heterocycles. The monoisotopic (exact) mass is 432 g/mol. The van der Waals surface area contributed by atoms with Gasteiger partial charge in [-0.15, -0.1) is 11.3 Å². The zero-order valence-corrected chi connectivity index (χ0v) is 17.9. The Morgan fingerprint density at radius 3 is 2.90 bits per heavy atom. The van der Waals surface area contributed by atoms with Crippen LogP contribution < -0.4 is 10.1 Å². The first-order chi connectivity index (χ1) is 13.9. The van der Waals surface area contributed by atoms with Crippen LogP contribution in [0.3, 0.4) is 0 Å². The molecular formula is C22H22ClFN2O2S. The topological polar surface area (TPSA) is 51.2 Å². The summed E-state index contributed by atoms with van der Waals surface area (Å²) in [6, 6.07) is 7.62. The Labute approximate surface area is 178 Å². The second-order valence-corrected chi connectivity index (χ2v) is 8.97. The van der Waals surface area contributed by atoms with Crippen LogP contribution in [-0.2, 0) is 11.3 Å². The van der Waals surface area contributed by atoms with Gasteiger partial charge in [0.15, 0.2) is 0 Å². The minimum Gasteiger partial charge on any atom is -0.486 e. The molecule has 1 aromatic carbocycles. The van der Waals surface area contributed by atoms with Crippen LogP contribution in [0.2, 0.25) is 5.02 Å². The normalized spacial score (nSPS) is 18.9. The van der Waals surface area contributed by atoms with Crippen molar-refractivity contribution in [3.8, 4) is 16.9 Å². The zero-order valence-electron chi connectivity index (χ0n) is 16.3. The summed E-state index contributed by atoms with van der Waals surface area (Å²) in [4.78, 5) is 16.7. The number of nitrogens with zero attached hydrogens (tertiary/aromatic N) is 1. The number of pyridine rings is 1. The lowest BCUT2D eigenvalue weighted by Crippen LogP contribution is -2.23. The molecule has 3 aromatic rings. The SMILES string of the molecule is CC(=O)NCc1cc2nccc(-c3cc(Cl)cc(C)c3O[C@@H]3CCC[C@@H]3F)c2s1. The highest BCUT2D eigenvalue weighted by molar-refractivity contribution is 7.19. The van der Waals surface area contributed by atoms with Crippen LogP contribution in [0.15, 0.2) is 30.5 Å². The second kappa shape index (κ2) is 8.28. The molecule has 1 aliphatic rings. The number of rotatable bonds is 5. The van der Waals surface area contributed by atoms with E-state index in [0.29, 0.717) is 30.2 Å². The molecule has 2 aromatic heterocycles. The minimum atomic E-state index is -0.943. The van der Waals surface area contributed by atoms with Gasteiger partial charge < -0.3 is 10.1 Å². The Kier molecular flexibility index (Phi) is 5.74. The van der Waals surface area contributed by atoms with Crippen molar-refractivity contribution in [3.63, 3.8) is 0 Å². The van der Waals surface area contributed by atoms with E-state index in [4.69, 9.17) is 16.3 Å². The molecule has 2 atom stereocenters. The van der Waals surface area contributed by atoms with Crippen LogP contribution in [0, 0.1) is 6.92 Å². The lowest BCUT2D eigenvalue weighted by atomic mass is 10.0. The highest BCUT2D eigenvalue weighted by Crippen LogP contribution is 2.42. The predicted octanol–water partition coefficient (Wildman–Crippen LogP) is 5.83. The number of nitrogens with one attached hydrogen (secondary N) is 1. The maximum Gasteiger partial charge on any atom is 0.217 e. The third kappa shape index (κ3) is 4.23. The number of aromatic nitrogens is 1. The minimum absolute atomic E-state index is 0.0749. The van der Waals surface area contributed by atoms with Crippen LogP contribution in [0.1, 0.15) is 36.6 Å². The fourth-order valence-electron chi connectivity index (χ4n) is 3.75. The number of alkyl halides is 1. The highest BCUT2D eigenvalue weighted by Gasteiger charge is 2.30. The number of carbonyl (C=O) groups is 1. The van der Waals surface area contributed by atoms with Gasteiger partial charge in [0.2, 0.25) is 5.91 Å². The van der Waals surface area contributed by atoms with Gasteiger partial charge in [0, 0.05) is 34.1 Å². The van der Waals surface area contributed by atoms with Gasteiger partial charge in [0.05, 0.1) is 16.8 Å². The Hall–Kier alpha value is -2.18. The number of halogens is 2. The molecule has 1 saturated carbocycles. The third-order valence-electron chi connectivity index (χ3n) is 5.15. The summed E-state index contributed by atoms with van der Waals surface area (Å²) in [6.45, 7) is 3.89. The van der Waals surface area contributed by atoms with E-state index >= 15 is 0 Å². The standard InChI is InChI=1S/C22H22ClFN2O2S/c1-12-8-14(23)9-17(21(12)28-20-5-3-4-18(20)24)16-6-7-25-19-10-15(29-22(16)19)11-26-13(2)27/h6-10,18,20H,3-5,11H2,1-2H3,(H,26,27)/t18-,20+/m0/s1. The molecule has 0 unspecified atom stereocenters. The van der Waals surface area contributed by atoms with Crippen LogP contribution in [-0.4, -0.2) is 23.2 Å². The summed E-state index contributed by atoms with van der Waals surface area (Å²) >= 11 is 7.94. The lowest BCUT2D eigenvalue weighted by molar-refractivity contribution is -0.119. The van der Waals surface area contributed by atoms with Crippen molar-refractivity contribution in [3.05, 3.63) is 45.9 Å². The van der Waals surface area contributed by atoms with Gasteiger partial charge in [-0.25, -0.2) is 4.39 Å². The van der Waals surface area contributed by atoms with Crippen molar-refractivity contribution in [1.29, 1.82) is 0 Å². The van der Waals surface area contributed by atoms with E-state index in [-0.39, 0.29) is 5.91 Å². The average Bonchev–Trinajstić information content (AvgIpc) is 3.27. The van der Waals surface area contributed by atoms with E-state index in [1.54, 1.807) is 17.5 Å². The van der Waals surface area contributed by atoms with Crippen molar-refractivity contribution in [2.45, 2.75) is 51.9 Å². The molecule has 0 radical (unpaired) electrons. The van der Waals surface area contributed by atoms with E-state index in [1.807, 2.05) is 31.2 Å². The summed E-state index contributed by atoms with van der Waals surface area (Å²) in [7, 11) is 0. The smallest absolute Gasteiger partial charge is 0.217 e. The summed E-state index contributed by atoms with van der Waals surface area (Å²) < 4.78 is 21.4. The maximum atomic E-state index is 14.2. The summed E-state index contributed by atoms with van der Waals surface area (Å²) in [5.74, 6) is 0.599. The van der Waals surface area contributed by atoms with E-state index in [9.17, 15) is 9.18 Å². The van der Waals surface area contributed by atoms with E-state index in [0.717, 1.165) is 38.2 Å². The predicted molar refractivity (Wildman–Crippen MR) is 115 cm³/mol. The zero-order chi connectivity index (χ0) is 20.5. The van der Waals surface area contributed by atoms with Gasteiger partial charge in [0.1, 0.15) is 18.0 Å². The molecule has 0 bridgehead atoms. The fraction of sp³-hybridized carbons (Fsp3) is 0.364. The molecule has 1 aliphatic carbocycles. The molecule has 1 amide bonds. The molecule has 4 rings (SSSR count). The van der Waals surface area contributed by atoms with Crippen molar-refractivity contribution in [2.24, 2.45) is 0 Å². The molecule has 152 valence electrons. The number of benzene rings is 1. The summed E-state index contributed by atoms with van der Waals surface area (Å²) in [5.41, 5.74) is 3.52. The molecule has 29 heavy (non-hydrogen) atoms. The van der Waals surface area contributed by atoms with E-state index < -0.39 is 12.3 Å². The van der Waals surface area contributed by atoms with Crippen LogP contribution in [0.25, 0.3) is 21.3 Å². The van der Waals surface area contributed by atoms with E-state index in [2.05, 4.69) is 10.3 Å². The fourth-order valence-corrected chi connectivity index (χ4v) is 5.10. The maximum absolute atomic E-state index is 14.2. The van der Waals surface area contributed by atoms with Crippen LogP contribution in [0.5, 0.6) is 5.75 Å². The number of thiophene rings is 1. The first kappa shape index (κ1) is 20.1. The van der Waals surface area contributed by atoms with Gasteiger partial charge in [-0.2, -0.15) is 0 Å². The molecule has 1 fully saturated rings. The number of ether oxygens (including phenoxy) is 1. The second-order valence-electron chi connectivity index (χ2n) is 7.40. The lowest BCUT2D eigenvalue weighted by Gasteiger charge is -2.21. The Morgan fingerprint density at radius 1 is 1.34 bits per heavy atom. The van der Waals surface area contributed by atoms with Crippen LogP contribution >= 0.6 is 22.9 Å². The van der Waals surface area contributed by atoms with Gasteiger partial charge in [0.25, 0.3) is 0 Å². The Bertz CT molecular complexity index is 1070. The Morgan fingerprint density at radius 2 is 2.17 bits per heavy atom. The number of fused-ring (bicyclic) bond motifs is 1. The number of hydrogen-bond acceptors (Lipinski definition) is 4. The third-order valence-corrected chi connectivity index (χ3v) is 6.52. The molecule has 4 nitrogen and oxygen atoms in total. The largest absolute Gasteiger partial charge is 0.486 e. The number of aryl methyl sites for hydroxylation is 1. The Balaban J connectivity index is 1.79. The van der Waals surface area contributed by atoms with E-state index in [1.165, 1.54) is 6.92 Å². The molecular weight excluding hydrogens is 411 g/mol. The molecule has 7 heteroatoms. The van der Waals surface area contributed by atoms with Crippen molar-refractivity contribution < 1.29 is 13.9 Å². The van der Waals surface area contributed by atoms with Crippen molar-refractivity contribution in [2.75, 3.05) is 0 Å². The summed E-state index contributed by atoms with van der Waals surface area (Å²) in [5, 5.41) is 3.43. The first-order valence-electron chi connectivity index (χ1n) is 9.65. The highest BCUT2D eigenvalue weighted by atomic mass is 35.5. The van der Waals surface area contributed by atoms with Gasteiger partial charge in [-0.1, -0.05) is 11.6 Å². The molecule has 0 saturated heterocycles. The van der Waals surface area contributed by atoms with Gasteiger partial charge >= 0.3 is 0 Å². The molecule has 0 spiro atoms. The number of amides is 1. The first-order valence-corrected chi connectivity index (χ1v) is 10.8. The summed E-state index contributed by atoms with van der Waals surface area (Å²) in [6.07, 6.45) is 2.48. The van der Waals surface area contributed by atoms with Crippen LogP contribution in [0.4, 0.5) is 4.39 Å².